The average molecular weight is 152 g/mol. The summed E-state index contributed by atoms with van der Waals surface area (Å²) in [5.41, 5.74) is 0. The Bertz CT molecular complexity index is 122. The van der Waals surface area contributed by atoms with Crippen LogP contribution in [0.15, 0.2) is 12.2 Å². The maximum atomic E-state index is 2.43. The number of allylic oxidation sites excluding steroid dienone is 2. The van der Waals surface area contributed by atoms with Crippen molar-refractivity contribution in [2.24, 2.45) is 11.8 Å². The van der Waals surface area contributed by atoms with Crippen LogP contribution in [-0.4, -0.2) is 0 Å². The highest BCUT2D eigenvalue weighted by atomic mass is 14.2. The van der Waals surface area contributed by atoms with Crippen molar-refractivity contribution in [3.05, 3.63) is 12.2 Å². The van der Waals surface area contributed by atoms with E-state index in [1.54, 1.807) is 0 Å². The maximum Gasteiger partial charge on any atom is -0.0210 e. The fraction of sp³-hybridized carbons (Fsp3) is 0.818. The van der Waals surface area contributed by atoms with Gasteiger partial charge in [0.1, 0.15) is 0 Å². The summed E-state index contributed by atoms with van der Waals surface area (Å²) in [6.45, 7) is 4.66. The monoisotopic (exact) mass is 152 g/mol. The Morgan fingerprint density at radius 2 is 2.00 bits per heavy atom. The van der Waals surface area contributed by atoms with Gasteiger partial charge in [-0.05, 0) is 31.1 Å². The SMILES string of the molecule is CC(C)[C@@H]1/C=C/CCCCC1. The van der Waals surface area contributed by atoms with Gasteiger partial charge in [0, 0.05) is 0 Å². The van der Waals surface area contributed by atoms with Gasteiger partial charge in [-0.3, -0.25) is 0 Å². The minimum Gasteiger partial charge on any atom is -0.0883 e. The average Bonchev–Trinajstić information content (AvgIpc) is 1.84. The lowest BCUT2D eigenvalue weighted by molar-refractivity contribution is 0.409. The number of rotatable bonds is 1. The first-order valence-corrected chi connectivity index (χ1v) is 4.97. The molecule has 0 aliphatic heterocycles. The topological polar surface area (TPSA) is 0 Å². The van der Waals surface area contributed by atoms with Crippen LogP contribution in [0.25, 0.3) is 0 Å². The van der Waals surface area contributed by atoms with E-state index in [9.17, 15) is 0 Å². The van der Waals surface area contributed by atoms with Crippen molar-refractivity contribution in [2.75, 3.05) is 0 Å². The molecule has 0 spiro atoms. The Morgan fingerprint density at radius 3 is 2.73 bits per heavy atom. The Morgan fingerprint density at radius 1 is 1.18 bits per heavy atom. The van der Waals surface area contributed by atoms with Gasteiger partial charge in [-0.25, -0.2) is 0 Å². The van der Waals surface area contributed by atoms with Gasteiger partial charge < -0.3 is 0 Å². The highest BCUT2D eigenvalue weighted by Gasteiger charge is 2.09. The van der Waals surface area contributed by atoms with Crippen molar-refractivity contribution in [1.29, 1.82) is 0 Å². The summed E-state index contributed by atoms with van der Waals surface area (Å²) >= 11 is 0. The van der Waals surface area contributed by atoms with Crippen molar-refractivity contribution >= 4 is 0 Å². The Hall–Kier alpha value is -0.260. The fourth-order valence-corrected chi connectivity index (χ4v) is 1.74. The smallest absolute Gasteiger partial charge is 0.0210 e. The van der Waals surface area contributed by atoms with E-state index in [1.807, 2.05) is 0 Å². The summed E-state index contributed by atoms with van der Waals surface area (Å²) in [7, 11) is 0. The fourth-order valence-electron chi connectivity index (χ4n) is 1.74. The minimum absolute atomic E-state index is 0.837. The molecule has 0 heterocycles. The third-order valence-corrected chi connectivity index (χ3v) is 2.65. The highest BCUT2D eigenvalue weighted by Crippen LogP contribution is 2.22. The third kappa shape index (κ3) is 3.09. The molecule has 0 saturated carbocycles. The van der Waals surface area contributed by atoms with Crippen molar-refractivity contribution in [1.82, 2.24) is 0 Å². The second kappa shape index (κ2) is 4.58. The van der Waals surface area contributed by atoms with Crippen LogP contribution in [0.5, 0.6) is 0 Å². The first-order chi connectivity index (χ1) is 5.30. The predicted molar refractivity (Wildman–Crippen MR) is 50.6 cm³/mol. The van der Waals surface area contributed by atoms with E-state index < -0.39 is 0 Å². The quantitative estimate of drug-likeness (QED) is 0.502. The number of hydrogen-bond donors (Lipinski definition) is 0. The Labute approximate surface area is 70.7 Å². The van der Waals surface area contributed by atoms with Crippen molar-refractivity contribution in [3.63, 3.8) is 0 Å². The van der Waals surface area contributed by atoms with Gasteiger partial charge in [-0.1, -0.05) is 38.8 Å². The summed E-state index contributed by atoms with van der Waals surface area (Å²) in [5.74, 6) is 1.69. The molecule has 64 valence electrons. The first kappa shape index (κ1) is 8.83. The maximum absolute atomic E-state index is 2.43. The lowest BCUT2D eigenvalue weighted by atomic mass is 9.88. The molecule has 0 fully saturated rings. The summed E-state index contributed by atoms with van der Waals surface area (Å²) in [6.07, 6.45) is 11.8. The molecule has 1 aliphatic carbocycles. The van der Waals surface area contributed by atoms with Gasteiger partial charge in [0.05, 0.1) is 0 Å². The molecule has 0 saturated heterocycles. The van der Waals surface area contributed by atoms with Gasteiger partial charge in [0.2, 0.25) is 0 Å². The molecule has 0 aromatic rings. The molecule has 11 heavy (non-hydrogen) atoms. The second-order valence-corrected chi connectivity index (χ2v) is 3.97. The van der Waals surface area contributed by atoms with Crippen LogP contribution in [0.3, 0.4) is 0 Å². The normalized spacial score (nSPS) is 29.5. The van der Waals surface area contributed by atoms with E-state index in [0.717, 1.165) is 11.8 Å². The van der Waals surface area contributed by atoms with Crippen LogP contribution in [0.1, 0.15) is 46.0 Å². The standard InChI is InChI=1S/C11H20/c1-10(2)11-8-6-4-3-5-7-9-11/h6,8,10-11H,3-5,7,9H2,1-2H3/b8-6+/t11-/m1/s1. The molecule has 0 bridgehead atoms. The molecular weight excluding hydrogens is 132 g/mol. The first-order valence-electron chi connectivity index (χ1n) is 4.97. The lowest BCUT2D eigenvalue weighted by Crippen LogP contribution is -2.06. The Kier molecular flexibility index (Phi) is 3.68. The summed E-state index contributed by atoms with van der Waals surface area (Å²) < 4.78 is 0. The zero-order valence-corrected chi connectivity index (χ0v) is 7.84. The van der Waals surface area contributed by atoms with Crippen LogP contribution in [-0.2, 0) is 0 Å². The molecule has 1 rings (SSSR count). The predicted octanol–water partition coefficient (Wildman–Crippen LogP) is 3.78. The van der Waals surface area contributed by atoms with Crippen LogP contribution in [0.2, 0.25) is 0 Å². The van der Waals surface area contributed by atoms with Crippen molar-refractivity contribution < 1.29 is 0 Å². The molecule has 0 radical (unpaired) electrons. The highest BCUT2D eigenvalue weighted by molar-refractivity contribution is 4.91. The molecule has 0 aromatic carbocycles. The Balaban J connectivity index is 2.42. The van der Waals surface area contributed by atoms with Crippen molar-refractivity contribution in [3.8, 4) is 0 Å². The van der Waals surface area contributed by atoms with Crippen LogP contribution >= 0.6 is 0 Å². The molecule has 0 amide bonds. The van der Waals surface area contributed by atoms with E-state index in [4.69, 9.17) is 0 Å². The summed E-state index contributed by atoms with van der Waals surface area (Å²) in [6, 6.07) is 0. The van der Waals surface area contributed by atoms with E-state index in [-0.39, 0.29) is 0 Å². The van der Waals surface area contributed by atoms with Gasteiger partial charge >= 0.3 is 0 Å². The molecular formula is C11H20. The van der Waals surface area contributed by atoms with Crippen LogP contribution in [0, 0.1) is 11.8 Å². The zero-order chi connectivity index (χ0) is 8.10. The van der Waals surface area contributed by atoms with Crippen molar-refractivity contribution in [2.45, 2.75) is 46.0 Å². The van der Waals surface area contributed by atoms with E-state index in [1.165, 1.54) is 32.1 Å². The zero-order valence-electron chi connectivity index (χ0n) is 7.84. The minimum atomic E-state index is 0.837. The van der Waals surface area contributed by atoms with Crippen LogP contribution in [0.4, 0.5) is 0 Å². The molecule has 0 unspecified atom stereocenters. The van der Waals surface area contributed by atoms with Crippen LogP contribution < -0.4 is 0 Å². The van der Waals surface area contributed by atoms with Gasteiger partial charge in [-0.15, -0.1) is 0 Å². The third-order valence-electron chi connectivity index (χ3n) is 2.65. The van der Waals surface area contributed by atoms with Gasteiger partial charge in [0.25, 0.3) is 0 Å². The molecule has 0 nitrogen and oxygen atoms in total. The summed E-state index contributed by atoms with van der Waals surface area (Å²) in [5, 5.41) is 0. The molecule has 0 heteroatoms. The van der Waals surface area contributed by atoms with E-state index in [0.29, 0.717) is 0 Å². The largest absolute Gasteiger partial charge is 0.0883 e. The second-order valence-electron chi connectivity index (χ2n) is 3.97. The van der Waals surface area contributed by atoms with E-state index in [2.05, 4.69) is 26.0 Å². The summed E-state index contributed by atoms with van der Waals surface area (Å²) in [4.78, 5) is 0. The molecule has 0 N–H and O–H groups in total. The van der Waals surface area contributed by atoms with E-state index >= 15 is 0 Å². The molecule has 1 aliphatic rings. The lowest BCUT2D eigenvalue weighted by Gasteiger charge is -2.18. The van der Waals surface area contributed by atoms with Gasteiger partial charge in [0.15, 0.2) is 0 Å². The number of hydrogen-bond acceptors (Lipinski definition) is 0. The molecule has 1 atom stereocenters. The van der Waals surface area contributed by atoms with Gasteiger partial charge in [-0.2, -0.15) is 0 Å². The molecule has 0 aromatic heterocycles.